The van der Waals surface area contributed by atoms with Crippen molar-refractivity contribution < 1.29 is 9.53 Å². The Labute approximate surface area is 161 Å². The Hall–Kier alpha value is -2.24. The molecule has 27 heavy (non-hydrogen) atoms. The van der Waals surface area contributed by atoms with Crippen molar-refractivity contribution in [2.75, 3.05) is 31.7 Å². The number of carbonyl (C=O) groups is 1. The standard InChI is InChI=1S/C22H29N3O2/c1-27-17-22(26)25-13-6-4-2-3-5-11-23-16-20-14-18(9-10-21(20)25)19-8-7-12-24-15-19/h7-10,12,14-15,23H,2-6,11,13,16-17H2,1H3. The molecule has 0 spiro atoms. The van der Waals surface area contributed by atoms with Crippen molar-refractivity contribution >= 4 is 11.6 Å². The van der Waals surface area contributed by atoms with Gasteiger partial charge in [-0.15, -0.1) is 0 Å². The molecule has 2 heterocycles. The minimum atomic E-state index is 0.0185. The molecule has 1 aliphatic rings. The zero-order valence-electron chi connectivity index (χ0n) is 16.1. The lowest BCUT2D eigenvalue weighted by molar-refractivity contribution is -0.122. The van der Waals surface area contributed by atoms with Crippen LogP contribution in [0.1, 0.15) is 37.7 Å². The van der Waals surface area contributed by atoms with Gasteiger partial charge in [0.15, 0.2) is 0 Å². The van der Waals surface area contributed by atoms with Crippen molar-refractivity contribution in [1.29, 1.82) is 0 Å². The maximum absolute atomic E-state index is 12.7. The molecule has 1 aromatic carbocycles. The molecule has 1 amide bonds. The summed E-state index contributed by atoms with van der Waals surface area (Å²) < 4.78 is 5.12. The van der Waals surface area contributed by atoms with E-state index in [0.29, 0.717) is 0 Å². The van der Waals surface area contributed by atoms with E-state index in [1.807, 2.05) is 17.2 Å². The second-order valence-electron chi connectivity index (χ2n) is 7.01. The van der Waals surface area contributed by atoms with Gasteiger partial charge in [-0.05, 0) is 54.3 Å². The molecular weight excluding hydrogens is 338 g/mol. The summed E-state index contributed by atoms with van der Waals surface area (Å²) >= 11 is 0. The molecule has 0 fully saturated rings. The molecule has 5 heteroatoms. The van der Waals surface area contributed by atoms with Crippen LogP contribution in [0.2, 0.25) is 0 Å². The van der Waals surface area contributed by atoms with Crippen LogP contribution in [0, 0.1) is 0 Å². The molecule has 3 rings (SSSR count). The van der Waals surface area contributed by atoms with Crippen molar-refractivity contribution in [3.63, 3.8) is 0 Å². The molecule has 0 radical (unpaired) electrons. The molecule has 0 bridgehead atoms. The summed E-state index contributed by atoms with van der Waals surface area (Å²) in [5.41, 5.74) is 4.33. The fourth-order valence-electron chi connectivity index (χ4n) is 3.56. The number of hydrogen-bond acceptors (Lipinski definition) is 4. The van der Waals surface area contributed by atoms with Crippen LogP contribution in [-0.4, -0.2) is 37.7 Å². The van der Waals surface area contributed by atoms with Gasteiger partial charge in [0.05, 0.1) is 0 Å². The van der Waals surface area contributed by atoms with Crippen LogP contribution in [0.25, 0.3) is 11.1 Å². The molecule has 144 valence electrons. The van der Waals surface area contributed by atoms with E-state index in [1.54, 1.807) is 13.3 Å². The second kappa shape index (κ2) is 10.2. The van der Waals surface area contributed by atoms with E-state index in [-0.39, 0.29) is 12.5 Å². The highest BCUT2D eigenvalue weighted by molar-refractivity contribution is 5.95. The lowest BCUT2D eigenvalue weighted by atomic mass is 10.0. The molecule has 0 saturated carbocycles. The summed E-state index contributed by atoms with van der Waals surface area (Å²) in [6.45, 7) is 2.60. The van der Waals surface area contributed by atoms with Crippen LogP contribution >= 0.6 is 0 Å². The molecular formula is C22H29N3O2. The fraction of sp³-hybridized carbons (Fsp3) is 0.455. The zero-order valence-corrected chi connectivity index (χ0v) is 16.1. The van der Waals surface area contributed by atoms with Crippen molar-refractivity contribution in [3.05, 3.63) is 48.3 Å². The van der Waals surface area contributed by atoms with E-state index in [4.69, 9.17) is 4.74 Å². The molecule has 1 aromatic heterocycles. The lowest BCUT2D eigenvalue weighted by Crippen LogP contribution is -2.36. The smallest absolute Gasteiger partial charge is 0.252 e. The Morgan fingerprint density at radius 2 is 2.00 bits per heavy atom. The maximum Gasteiger partial charge on any atom is 0.252 e. The molecule has 0 saturated heterocycles. The second-order valence-corrected chi connectivity index (χ2v) is 7.01. The number of nitrogens with one attached hydrogen (secondary N) is 1. The first-order chi connectivity index (χ1) is 13.3. The average Bonchev–Trinajstić information content (AvgIpc) is 2.69. The van der Waals surface area contributed by atoms with Gasteiger partial charge in [-0.2, -0.15) is 0 Å². The normalized spacial score (nSPS) is 16.1. The minimum absolute atomic E-state index is 0.0185. The zero-order chi connectivity index (χ0) is 18.9. The number of aromatic nitrogens is 1. The first-order valence-electron chi connectivity index (χ1n) is 9.83. The number of anilines is 1. The molecule has 5 nitrogen and oxygen atoms in total. The number of methoxy groups -OCH3 is 1. The van der Waals surface area contributed by atoms with Crippen LogP contribution in [0.5, 0.6) is 0 Å². The van der Waals surface area contributed by atoms with E-state index in [2.05, 4.69) is 34.6 Å². The van der Waals surface area contributed by atoms with E-state index in [9.17, 15) is 4.79 Å². The molecule has 2 aromatic rings. The predicted molar refractivity (Wildman–Crippen MR) is 109 cm³/mol. The quantitative estimate of drug-likeness (QED) is 0.897. The van der Waals surface area contributed by atoms with Gasteiger partial charge in [0.25, 0.3) is 5.91 Å². The van der Waals surface area contributed by atoms with Crippen molar-refractivity contribution in [2.45, 2.75) is 38.6 Å². The number of carbonyl (C=O) groups excluding carboxylic acids is 1. The van der Waals surface area contributed by atoms with E-state index >= 15 is 0 Å². The first kappa shape index (κ1) is 19.5. The van der Waals surface area contributed by atoms with Gasteiger partial charge in [-0.3, -0.25) is 9.78 Å². The Kier molecular flexibility index (Phi) is 7.36. The van der Waals surface area contributed by atoms with Crippen LogP contribution in [0.3, 0.4) is 0 Å². The van der Waals surface area contributed by atoms with Gasteiger partial charge in [0, 0.05) is 38.3 Å². The number of nitrogens with zero attached hydrogens (tertiary/aromatic N) is 2. The molecule has 0 aliphatic carbocycles. The SMILES string of the molecule is COCC(=O)N1CCCCCCCNCc2cc(-c3cccnc3)ccc21. The highest BCUT2D eigenvalue weighted by Gasteiger charge is 2.19. The third kappa shape index (κ3) is 5.37. The summed E-state index contributed by atoms with van der Waals surface area (Å²) in [5, 5.41) is 3.54. The highest BCUT2D eigenvalue weighted by Crippen LogP contribution is 2.28. The lowest BCUT2D eigenvalue weighted by Gasteiger charge is -2.26. The van der Waals surface area contributed by atoms with Gasteiger partial charge < -0.3 is 15.0 Å². The van der Waals surface area contributed by atoms with Crippen molar-refractivity contribution in [3.8, 4) is 11.1 Å². The first-order valence-corrected chi connectivity index (χ1v) is 9.83. The Morgan fingerprint density at radius 3 is 2.81 bits per heavy atom. The van der Waals surface area contributed by atoms with Crippen molar-refractivity contribution in [1.82, 2.24) is 10.3 Å². The van der Waals surface area contributed by atoms with Gasteiger partial charge in [0.1, 0.15) is 6.61 Å². The summed E-state index contributed by atoms with van der Waals surface area (Å²) in [6.07, 6.45) is 9.49. The third-order valence-corrected chi connectivity index (χ3v) is 4.98. The Balaban J connectivity index is 1.95. The molecule has 1 aliphatic heterocycles. The van der Waals surface area contributed by atoms with Gasteiger partial charge in [-0.1, -0.05) is 31.4 Å². The van der Waals surface area contributed by atoms with Crippen LogP contribution in [0.4, 0.5) is 5.69 Å². The largest absolute Gasteiger partial charge is 0.375 e. The summed E-state index contributed by atoms with van der Waals surface area (Å²) in [6, 6.07) is 10.3. The number of hydrogen-bond donors (Lipinski definition) is 1. The number of amides is 1. The summed E-state index contributed by atoms with van der Waals surface area (Å²) in [7, 11) is 1.57. The average molecular weight is 367 g/mol. The Morgan fingerprint density at radius 1 is 1.15 bits per heavy atom. The van der Waals surface area contributed by atoms with Crippen LogP contribution < -0.4 is 10.2 Å². The predicted octanol–water partition coefficient (Wildman–Crippen LogP) is 3.78. The highest BCUT2D eigenvalue weighted by atomic mass is 16.5. The minimum Gasteiger partial charge on any atom is -0.375 e. The third-order valence-electron chi connectivity index (χ3n) is 4.98. The number of fused-ring (bicyclic) bond motifs is 1. The topological polar surface area (TPSA) is 54.5 Å². The van der Waals surface area contributed by atoms with Gasteiger partial charge in [-0.25, -0.2) is 0 Å². The summed E-state index contributed by atoms with van der Waals surface area (Å²) in [4.78, 5) is 18.8. The monoisotopic (exact) mass is 367 g/mol. The van der Waals surface area contributed by atoms with E-state index < -0.39 is 0 Å². The van der Waals surface area contributed by atoms with Gasteiger partial charge >= 0.3 is 0 Å². The number of ether oxygens (including phenoxy) is 1. The molecule has 0 atom stereocenters. The van der Waals surface area contributed by atoms with E-state index in [0.717, 1.165) is 54.9 Å². The van der Waals surface area contributed by atoms with Crippen LogP contribution in [0.15, 0.2) is 42.7 Å². The maximum atomic E-state index is 12.7. The number of rotatable bonds is 3. The van der Waals surface area contributed by atoms with Crippen molar-refractivity contribution in [2.24, 2.45) is 0 Å². The number of pyridine rings is 1. The fourth-order valence-corrected chi connectivity index (χ4v) is 3.56. The Bertz CT molecular complexity index is 734. The van der Waals surface area contributed by atoms with E-state index in [1.165, 1.54) is 19.3 Å². The summed E-state index contributed by atoms with van der Waals surface area (Å²) in [5.74, 6) is 0.0185. The van der Waals surface area contributed by atoms with Gasteiger partial charge in [0.2, 0.25) is 0 Å². The molecule has 1 N–H and O–H groups in total. The number of benzene rings is 1. The molecule has 0 unspecified atom stereocenters. The van der Waals surface area contributed by atoms with Crippen LogP contribution in [-0.2, 0) is 16.1 Å².